The van der Waals surface area contributed by atoms with Crippen molar-refractivity contribution in [3.63, 3.8) is 0 Å². The summed E-state index contributed by atoms with van der Waals surface area (Å²) in [5.41, 5.74) is 3.99. The fourth-order valence-electron chi connectivity index (χ4n) is 2.69. The second-order valence-corrected chi connectivity index (χ2v) is 5.17. The van der Waals surface area contributed by atoms with Crippen molar-refractivity contribution >= 4 is 0 Å². The van der Waals surface area contributed by atoms with Gasteiger partial charge >= 0.3 is 0 Å². The smallest absolute Gasteiger partial charge is 0.124 e. The molecule has 1 aliphatic carbocycles. The average molecular weight is 286 g/mol. The van der Waals surface area contributed by atoms with Gasteiger partial charge in [-0.2, -0.15) is 0 Å². The Labute approximate surface area is 130 Å². The van der Waals surface area contributed by atoms with E-state index in [1.54, 1.807) is 0 Å². The van der Waals surface area contributed by atoms with Crippen molar-refractivity contribution < 1.29 is 4.74 Å². The molecule has 2 atom stereocenters. The number of ether oxygens (including phenoxy) is 1. The Balaban J connectivity index is 0.000000510. The Morgan fingerprint density at radius 2 is 1.76 bits per heavy atom. The molecule has 0 saturated carbocycles. The van der Waals surface area contributed by atoms with Crippen LogP contribution in [0, 0.1) is 12.8 Å². The molecule has 0 N–H and O–H groups in total. The molecule has 1 nitrogen and oxygen atoms in total. The summed E-state index contributed by atoms with van der Waals surface area (Å²) < 4.78 is 6.16. The van der Waals surface area contributed by atoms with Gasteiger partial charge in [0.05, 0.1) is 0 Å². The standard InChI is InChI=1S/C16H18O.2C2H6/c1-11-4-8-15-14(9-11)7-6-13-5-3-12(2)10-16(13)17-15;2*1-2/h3-5,8-10,13,16H,6-7H2,1-2H3;2*1-2H3. The van der Waals surface area contributed by atoms with E-state index in [0.717, 1.165) is 12.2 Å². The van der Waals surface area contributed by atoms with Gasteiger partial charge in [-0.15, -0.1) is 0 Å². The van der Waals surface area contributed by atoms with Gasteiger partial charge in [-0.25, -0.2) is 0 Å². The normalized spacial score (nSPS) is 21.9. The molecule has 0 radical (unpaired) electrons. The molecular formula is C20H30O. The van der Waals surface area contributed by atoms with E-state index < -0.39 is 0 Å². The molecule has 116 valence electrons. The van der Waals surface area contributed by atoms with Crippen molar-refractivity contribution in [3.05, 3.63) is 53.1 Å². The Bertz CT molecular complexity index is 497. The van der Waals surface area contributed by atoms with Gasteiger partial charge in [-0.3, -0.25) is 0 Å². The summed E-state index contributed by atoms with van der Waals surface area (Å²) in [4.78, 5) is 0. The first-order valence-electron chi connectivity index (χ1n) is 8.35. The third kappa shape index (κ3) is 4.49. The van der Waals surface area contributed by atoms with Gasteiger partial charge in [0.25, 0.3) is 0 Å². The maximum absolute atomic E-state index is 6.16. The van der Waals surface area contributed by atoms with Crippen LogP contribution in [0.5, 0.6) is 5.75 Å². The molecule has 3 rings (SSSR count). The molecule has 1 aromatic carbocycles. The van der Waals surface area contributed by atoms with Crippen molar-refractivity contribution in [2.45, 2.75) is 60.5 Å². The fraction of sp³-hybridized carbons (Fsp3) is 0.500. The Morgan fingerprint density at radius 3 is 2.48 bits per heavy atom. The Hall–Kier alpha value is -1.50. The Morgan fingerprint density at radius 1 is 1.05 bits per heavy atom. The molecule has 0 saturated heterocycles. The first-order chi connectivity index (χ1) is 10.2. The highest BCUT2D eigenvalue weighted by Gasteiger charge is 2.25. The van der Waals surface area contributed by atoms with Gasteiger partial charge in [0.2, 0.25) is 0 Å². The number of hydrogen-bond acceptors (Lipinski definition) is 1. The lowest BCUT2D eigenvalue weighted by molar-refractivity contribution is 0.204. The van der Waals surface area contributed by atoms with Crippen LogP contribution < -0.4 is 4.74 Å². The molecule has 1 heterocycles. The van der Waals surface area contributed by atoms with E-state index in [2.05, 4.69) is 50.3 Å². The second kappa shape index (κ2) is 8.71. The number of fused-ring (bicyclic) bond motifs is 2. The van der Waals surface area contributed by atoms with Crippen LogP contribution >= 0.6 is 0 Å². The third-order valence-corrected chi connectivity index (χ3v) is 3.68. The molecule has 1 aromatic rings. The summed E-state index contributed by atoms with van der Waals surface area (Å²) in [5, 5.41) is 0. The van der Waals surface area contributed by atoms with Crippen LogP contribution in [0.3, 0.4) is 0 Å². The summed E-state index contributed by atoms with van der Waals surface area (Å²) >= 11 is 0. The number of allylic oxidation sites excluding steroid dienone is 2. The minimum absolute atomic E-state index is 0.226. The first kappa shape index (κ1) is 17.6. The van der Waals surface area contributed by atoms with Gasteiger partial charge < -0.3 is 4.74 Å². The van der Waals surface area contributed by atoms with Crippen LogP contribution in [-0.2, 0) is 6.42 Å². The molecule has 1 aliphatic heterocycles. The van der Waals surface area contributed by atoms with Crippen molar-refractivity contribution in [1.82, 2.24) is 0 Å². The SMILES string of the molecule is CC.CC.CC1=CC2Oc3ccc(C)cc3CCC2C=C1. The highest BCUT2D eigenvalue weighted by Crippen LogP contribution is 2.33. The van der Waals surface area contributed by atoms with Crippen molar-refractivity contribution in [1.29, 1.82) is 0 Å². The van der Waals surface area contributed by atoms with Crippen molar-refractivity contribution in [2.75, 3.05) is 0 Å². The van der Waals surface area contributed by atoms with E-state index in [0.29, 0.717) is 5.92 Å². The molecule has 0 amide bonds. The Kier molecular flexibility index (Phi) is 7.28. The van der Waals surface area contributed by atoms with E-state index in [9.17, 15) is 0 Å². The minimum atomic E-state index is 0.226. The third-order valence-electron chi connectivity index (χ3n) is 3.68. The number of aryl methyl sites for hydroxylation is 2. The van der Waals surface area contributed by atoms with Crippen LogP contribution in [-0.4, -0.2) is 6.10 Å². The van der Waals surface area contributed by atoms with Gasteiger partial charge in [-0.05, 0) is 44.4 Å². The predicted molar refractivity (Wildman–Crippen MR) is 93.0 cm³/mol. The maximum atomic E-state index is 6.16. The highest BCUT2D eigenvalue weighted by molar-refractivity contribution is 5.39. The second-order valence-electron chi connectivity index (χ2n) is 5.17. The lowest BCUT2D eigenvalue weighted by Gasteiger charge is -2.23. The summed E-state index contributed by atoms with van der Waals surface area (Å²) in [7, 11) is 0. The fourth-order valence-corrected chi connectivity index (χ4v) is 2.69. The average Bonchev–Trinajstić information content (AvgIpc) is 2.70. The molecule has 2 unspecified atom stereocenters. The van der Waals surface area contributed by atoms with Gasteiger partial charge in [0, 0.05) is 5.92 Å². The van der Waals surface area contributed by atoms with E-state index in [1.165, 1.54) is 23.1 Å². The number of rotatable bonds is 0. The van der Waals surface area contributed by atoms with Gasteiger partial charge in [0.1, 0.15) is 11.9 Å². The minimum Gasteiger partial charge on any atom is -0.485 e. The first-order valence-corrected chi connectivity index (χ1v) is 8.35. The molecule has 0 bridgehead atoms. The molecule has 0 spiro atoms. The number of hydrogen-bond donors (Lipinski definition) is 0. The van der Waals surface area contributed by atoms with Gasteiger partial charge in [-0.1, -0.05) is 63.1 Å². The van der Waals surface area contributed by atoms with E-state index in [1.807, 2.05) is 27.7 Å². The zero-order valence-corrected chi connectivity index (χ0v) is 14.4. The molecule has 0 fully saturated rings. The van der Waals surface area contributed by atoms with Crippen LogP contribution in [0.15, 0.2) is 42.0 Å². The molecular weight excluding hydrogens is 256 g/mol. The van der Waals surface area contributed by atoms with Crippen LogP contribution in [0.4, 0.5) is 0 Å². The largest absolute Gasteiger partial charge is 0.485 e. The van der Waals surface area contributed by atoms with Crippen LogP contribution in [0.1, 0.15) is 52.2 Å². The zero-order valence-electron chi connectivity index (χ0n) is 14.4. The van der Waals surface area contributed by atoms with E-state index in [4.69, 9.17) is 4.74 Å². The van der Waals surface area contributed by atoms with Crippen molar-refractivity contribution in [3.8, 4) is 5.75 Å². The van der Waals surface area contributed by atoms with Crippen molar-refractivity contribution in [2.24, 2.45) is 5.92 Å². The van der Waals surface area contributed by atoms with Crippen LogP contribution in [0.2, 0.25) is 0 Å². The molecule has 21 heavy (non-hydrogen) atoms. The lowest BCUT2D eigenvalue weighted by atomic mass is 9.90. The quantitative estimate of drug-likeness (QED) is 0.579. The summed E-state index contributed by atoms with van der Waals surface area (Å²) in [6.07, 6.45) is 9.30. The van der Waals surface area contributed by atoms with E-state index in [-0.39, 0.29) is 6.10 Å². The highest BCUT2D eigenvalue weighted by atomic mass is 16.5. The molecule has 2 aliphatic rings. The molecule has 0 aromatic heterocycles. The number of benzene rings is 1. The van der Waals surface area contributed by atoms with Crippen LogP contribution in [0.25, 0.3) is 0 Å². The summed E-state index contributed by atoms with van der Waals surface area (Å²) in [6.45, 7) is 12.3. The van der Waals surface area contributed by atoms with E-state index >= 15 is 0 Å². The summed E-state index contributed by atoms with van der Waals surface area (Å²) in [5.74, 6) is 1.61. The predicted octanol–water partition coefficient (Wildman–Crippen LogP) is 5.87. The zero-order chi connectivity index (χ0) is 15.8. The summed E-state index contributed by atoms with van der Waals surface area (Å²) in [6, 6.07) is 6.51. The molecule has 1 heteroatoms. The maximum Gasteiger partial charge on any atom is 0.124 e. The lowest BCUT2D eigenvalue weighted by Crippen LogP contribution is -2.24. The van der Waals surface area contributed by atoms with Gasteiger partial charge in [0.15, 0.2) is 0 Å². The topological polar surface area (TPSA) is 9.23 Å². The monoisotopic (exact) mass is 286 g/mol.